The van der Waals surface area contributed by atoms with Crippen molar-refractivity contribution < 1.29 is 4.74 Å². The van der Waals surface area contributed by atoms with Gasteiger partial charge in [-0.2, -0.15) is 0 Å². The van der Waals surface area contributed by atoms with Gasteiger partial charge in [-0.25, -0.2) is 0 Å². The van der Waals surface area contributed by atoms with Crippen LogP contribution in [0.2, 0.25) is 0 Å². The maximum atomic E-state index is 5.55. The van der Waals surface area contributed by atoms with Crippen LogP contribution in [0.3, 0.4) is 0 Å². The van der Waals surface area contributed by atoms with Crippen LogP contribution in [0, 0.1) is 5.92 Å². The lowest BCUT2D eigenvalue weighted by Crippen LogP contribution is -2.10. The fraction of sp³-hybridized carbons (Fsp3) is 1.00. The van der Waals surface area contributed by atoms with E-state index >= 15 is 0 Å². The topological polar surface area (TPSA) is 35.2 Å². The second kappa shape index (κ2) is 1.01. The molecule has 0 aromatic heterocycles. The summed E-state index contributed by atoms with van der Waals surface area (Å²) in [4.78, 5) is 0. The zero-order valence-corrected chi connectivity index (χ0v) is 4.13. The van der Waals surface area contributed by atoms with Crippen molar-refractivity contribution in [2.45, 2.75) is 18.6 Å². The van der Waals surface area contributed by atoms with Crippen molar-refractivity contribution in [1.82, 2.24) is 0 Å². The molecule has 3 atom stereocenters. The predicted molar refractivity (Wildman–Crippen MR) is 25.8 cm³/mol. The van der Waals surface area contributed by atoms with Crippen LogP contribution in [0.25, 0.3) is 0 Å². The summed E-state index contributed by atoms with van der Waals surface area (Å²) >= 11 is 0. The highest BCUT2D eigenvalue weighted by Gasteiger charge is 2.52. The summed E-state index contributed by atoms with van der Waals surface area (Å²) in [7, 11) is 0. The molecule has 2 heteroatoms. The monoisotopic (exact) mass is 99.1 g/mol. The third-order valence-corrected chi connectivity index (χ3v) is 1.92. The minimum Gasteiger partial charge on any atom is -0.376 e. The first-order chi connectivity index (χ1) is 3.39. The molecule has 2 rings (SSSR count). The van der Waals surface area contributed by atoms with Gasteiger partial charge in [-0.3, -0.25) is 0 Å². The summed E-state index contributed by atoms with van der Waals surface area (Å²) in [6.07, 6.45) is 1.66. The largest absolute Gasteiger partial charge is 0.376 e. The van der Waals surface area contributed by atoms with Gasteiger partial charge in [0.2, 0.25) is 0 Å². The van der Waals surface area contributed by atoms with Gasteiger partial charge in [0, 0.05) is 18.6 Å². The van der Waals surface area contributed by atoms with Crippen LogP contribution >= 0.6 is 0 Å². The predicted octanol–water partition coefficient (Wildman–Crippen LogP) is -0.268. The maximum absolute atomic E-state index is 5.55. The molecule has 0 aromatic carbocycles. The van der Waals surface area contributed by atoms with Gasteiger partial charge < -0.3 is 10.5 Å². The Morgan fingerprint density at radius 2 is 2.43 bits per heavy atom. The normalized spacial score (nSPS) is 57.0. The summed E-state index contributed by atoms with van der Waals surface area (Å²) in [5.41, 5.74) is 5.55. The number of hydrogen-bond donors (Lipinski definition) is 1. The molecule has 1 aliphatic heterocycles. The molecule has 0 aromatic rings. The highest BCUT2D eigenvalue weighted by Crippen LogP contribution is 2.40. The molecule has 1 aliphatic carbocycles. The molecule has 2 aliphatic rings. The summed E-state index contributed by atoms with van der Waals surface area (Å²) in [6, 6.07) is 0.397. The van der Waals surface area contributed by atoms with Crippen molar-refractivity contribution in [3.05, 3.63) is 0 Å². The van der Waals surface area contributed by atoms with E-state index in [9.17, 15) is 0 Å². The minimum atomic E-state index is 0.397. The zero-order valence-electron chi connectivity index (χ0n) is 4.13. The Kier molecular flexibility index (Phi) is 0.557. The summed E-state index contributed by atoms with van der Waals surface area (Å²) < 4.78 is 5.21. The van der Waals surface area contributed by atoms with E-state index in [-0.39, 0.29) is 0 Å². The Morgan fingerprint density at radius 3 is 2.71 bits per heavy atom. The Bertz CT molecular complexity index is 84.1. The number of hydrogen-bond acceptors (Lipinski definition) is 2. The Morgan fingerprint density at radius 1 is 1.57 bits per heavy atom. The van der Waals surface area contributed by atoms with Crippen LogP contribution in [0.5, 0.6) is 0 Å². The van der Waals surface area contributed by atoms with Crippen LogP contribution in [0.1, 0.15) is 6.42 Å². The van der Waals surface area contributed by atoms with E-state index in [1.54, 1.807) is 0 Å². The van der Waals surface area contributed by atoms with Crippen LogP contribution in [-0.2, 0) is 4.74 Å². The van der Waals surface area contributed by atoms with Gasteiger partial charge in [0.25, 0.3) is 0 Å². The second-order valence-corrected chi connectivity index (χ2v) is 2.37. The minimum absolute atomic E-state index is 0.397. The first kappa shape index (κ1) is 3.87. The molecule has 1 unspecified atom stereocenters. The number of fused-ring (bicyclic) bond motifs is 1. The molecule has 2 N–H and O–H groups in total. The lowest BCUT2D eigenvalue weighted by Gasteiger charge is -1.93. The first-order valence-corrected chi connectivity index (χ1v) is 2.77. The SMILES string of the molecule is NC1[C@H]2CCO[C@@H]12. The van der Waals surface area contributed by atoms with Crippen molar-refractivity contribution in [1.29, 1.82) is 0 Å². The molecular weight excluding hydrogens is 90.1 g/mol. The van der Waals surface area contributed by atoms with Gasteiger partial charge in [-0.05, 0) is 6.42 Å². The molecule has 1 saturated heterocycles. The molecule has 1 saturated carbocycles. The second-order valence-electron chi connectivity index (χ2n) is 2.37. The van der Waals surface area contributed by atoms with Crippen molar-refractivity contribution in [3.63, 3.8) is 0 Å². The van der Waals surface area contributed by atoms with Crippen LogP contribution in [0.4, 0.5) is 0 Å². The summed E-state index contributed by atoms with van der Waals surface area (Å²) in [6.45, 7) is 0.947. The Labute approximate surface area is 42.6 Å². The van der Waals surface area contributed by atoms with Crippen molar-refractivity contribution in [3.8, 4) is 0 Å². The molecule has 0 bridgehead atoms. The lowest BCUT2D eigenvalue weighted by atomic mass is 10.3. The van der Waals surface area contributed by atoms with Gasteiger partial charge in [0.15, 0.2) is 0 Å². The molecule has 1 heterocycles. The van der Waals surface area contributed by atoms with Crippen LogP contribution < -0.4 is 5.73 Å². The summed E-state index contributed by atoms with van der Waals surface area (Å²) in [5.74, 6) is 0.736. The van der Waals surface area contributed by atoms with Gasteiger partial charge in [0.1, 0.15) is 0 Å². The average molecular weight is 99.1 g/mol. The Balaban J connectivity index is 2.06. The van der Waals surface area contributed by atoms with Gasteiger partial charge in [-0.1, -0.05) is 0 Å². The molecule has 7 heavy (non-hydrogen) atoms. The molecular formula is C5H9NO. The van der Waals surface area contributed by atoms with Crippen molar-refractivity contribution in [2.24, 2.45) is 11.7 Å². The van der Waals surface area contributed by atoms with E-state index in [0.717, 1.165) is 12.5 Å². The van der Waals surface area contributed by atoms with E-state index in [1.807, 2.05) is 0 Å². The quantitative estimate of drug-likeness (QED) is 0.454. The maximum Gasteiger partial charge on any atom is 0.0774 e. The highest BCUT2D eigenvalue weighted by atomic mass is 16.5. The smallest absolute Gasteiger partial charge is 0.0774 e. The standard InChI is InChI=1S/C5H9NO/c6-4-3-1-2-7-5(3)4/h3-5H,1-2,6H2/t3-,4?,5-/m1/s1. The van der Waals surface area contributed by atoms with Crippen molar-refractivity contribution >= 4 is 0 Å². The molecule has 2 fully saturated rings. The third-order valence-electron chi connectivity index (χ3n) is 1.92. The first-order valence-electron chi connectivity index (χ1n) is 2.77. The third kappa shape index (κ3) is 0.359. The molecule has 0 amide bonds. The fourth-order valence-corrected chi connectivity index (χ4v) is 1.30. The zero-order chi connectivity index (χ0) is 4.85. The van der Waals surface area contributed by atoms with E-state index < -0.39 is 0 Å². The van der Waals surface area contributed by atoms with E-state index in [1.165, 1.54) is 6.42 Å². The van der Waals surface area contributed by atoms with Gasteiger partial charge >= 0.3 is 0 Å². The molecule has 40 valence electrons. The molecule has 0 spiro atoms. The van der Waals surface area contributed by atoms with E-state index in [4.69, 9.17) is 10.5 Å². The van der Waals surface area contributed by atoms with Crippen molar-refractivity contribution in [2.75, 3.05) is 6.61 Å². The van der Waals surface area contributed by atoms with Crippen LogP contribution in [0.15, 0.2) is 0 Å². The molecule has 0 radical (unpaired) electrons. The number of ether oxygens (including phenoxy) is 1. The highest BCUT2D eigenvalue weighted by molar-refractivity contribution is 5.05. The van der Waals surface area contributed by atoms with Gasteiger partial charge in [-0.15, -0.1) is 0 Å². The van der Waals surface area contributed by atoms with Crippen LogP contribution in [-0.4, -0.2) is 18.8 Å². The number of nitrogens with two attached hydrogens (primary N) is 1. The fourth-order valence-electron chi connectivity index (χ4n) is 1.30. The average Bonchev–Trinajstić information content (AvgIpc) is 2.26. The Hall–Kier alpha value is -0.0800. The van der Waals surface area contributed by atoms with Gasteiger partial charge in [0.05, 0.1) is 6.10 Å². The van der Waals surface area contributed by atoms with E-state index in [0.29, 0.717) is 12.1 Å². The number of rotatable bonds is 0. The summed E-state index contributed by atoms with van der Waals surface area (Å²) in [5, 5.41) is 0. The van der Waals surface area contributed by atoms with E-state index in [2.05, 4.69) is 0 Å². The molecule has 2 nitrogen and oxygen atoms in total. The lowest BCUT2D eigenvalue weighted by molar-refractivity contribution is 0.150.